The minimum absolute atomic E-state index is 0.0366. The Bertz CT molecular complexity index is 525. The van der Waals surface area contributed by atoms with E-state index in [1.165, 1.54) is 0 Å². The average Bonchev–Trinajstić information content (AvgIpc) is 2.54. The fourth-order valence-corrected chi connectivity index (χ4v) is 2.45. The van der Waals surface area contributed by atoms with E-state index in [2.05, 4.69) is 5.32 Å². The first-order valence-electron chi connectivity index (χ1n) is 7.60. The minimum Gasteiger partial charge on any atom is -0.492 e. The molecule has 1 aliphatic rings. The van der Waals surface area contributed by atoms with Gasteiger partial charge in [0, 0.05) is 33.1 Å². The summed E-state index contributed by atoms with van der Waals surface area (Å²) in [6.07, 6.45) is 0. The number of benzene rings is 1. The Hall–Kier alpha value is -2.24. The van der Waals surface area contributed by atoms with Gasteiger partial charge in [-0.1, -0.05) is 12.1 Å². The predicted octanol–water partition coefficient (Wildman–Crippen LogP) is 1.19. The highest BCUT2D eigenvalue weighted by Crippen LogP contribution is 2.23. The lowest BCUT2D eigenvalue weighted by Crippen LogP contribution is -2.51. The lowest BCUT2D eigenvalue weighted by atomic mass is 10.2. The van der Waals surface area contributed by atoms with Gasteiger partial charge in [0.15, 0.2) is 0 Å². The molecule has 22 heavy (non-hydrogen) atoms. The Kier molecular flexibility index (Phi) is 5.63. The largest absolute Gasteiger partial charge is 0.492 e. The molecular weight excluding hydrogens is 282 g/mol. The average molecular weight is 305 g/mol. The summed E-state index contributed by atoms with van der Waals surface area (Å²) in [5, 5.41) is 3.13. The third-order valence-corrected chi connectivity index (χ3v) is 3.69. The summed E-state index contributed by atoms with van der Waals surface area (Å²) in [4.78, 5) is 27.1. The van der Waals surface area contributed by atoms with Gasteiger partial charge in [-0.15, -0.1) is 0 Å². The zero-order valence-corrected chi connectivity index (χ0v) is 13.2. The van der Waals surface area contributed by atoms with E-state index in [0.717, 1.165) is 11.4 Å². The molecule has 6 heteroatoms. The van der Waals surface area contributed by atoms with Gasteiger partial charge in [0.1, 0.15) is 5.75 Å². The maximum atomic E-state index is 12.2. The van der Waals surface area contributed by atoms with E-state index >= 15 is 0 Å². The van der Waals surface area contributed by atoms with Gasteiger partial charge >= 0.3 is 0 Å². The first-order chi connectivity index (χ1) is 10.6. The summed E-state index contributed by atoms with van der Waals surface area (Å²) in [5.41, 5.74) is 0.820. The van der Waals surface area contributed by atoms with E-state index < -0.39 is 0 Å². The molecule has 1 heterocycles. The number of hydrogen-bond donors (Lipinski definition) is 1. The van der Waals surface area contributed by atoms with Gasteiger partial charge in [-0.05, 0) is 19.1 Å². The molecule has 1 fully saturated rings. The van der Waals surface area contributed by atoms with Gasteiger partial charge < -0.3 is 19.9 Å². The molecule has 1 saturated heterocycles. The van der Waals surface area contributed by atoms with E-state index in [4.69, 9.17) is 4.74 Å². The molecule has 0 bridgehead atoms. The monoisotopic (exact) mass is 305 g/mol. The molecule has 120 valence electrons. The van der Waals surface area contributed by atoms with Crippen LogP contribution in [0.5, 0.6) is 5.75 Å². The SMILES string of the molecule is CCOc1ccccc1NCC(=O)N1CCN(C(C)=O)CC1. The van der Waals surface area contributed by atoms with Crippen molar-refractivity contribution in [3.63, 3.8) is 0 Å². The van der Waals surface area contributed by atoms with Gasteiger partial charge in [-0.2, -0.15) is 0 Å². The number of amides is 2. The van der Waals surface area contributed by atoms with Gasteiger partial charge in [0.2, 0.25) is 11.8 Å². The van der Waals surface area contributed by atoms with Crippen molar-refractivity contribution in [2.45, 2.75) is 13.8 Å². The maximum Gasteiger partial charge on any atom is 0.241 e. The molecule has 2 rings (SSSR count). The lowest BCUT2D eigenvalue weighted by Gasteiger charge is -2.34. The smallest absolute Gasteiger partial charge is 0.241 e. The van der Waals surface area contributed by atoms with Crippen LogP contribution in [0.15, 0.2) is 24.3 Å². The third-order valence-electron chi connectivity index (χ3n) is 3.69. The fraction of sp³-hybridized carbons (Fsp3) is 0.500. The number of carbonyl (C=O) groups is 2. The number of para-hydroxylation sites is 2. The predicted molar refractivity (Wildman–Crippen MR) is 84.9 cm³/mol. The van der Waals surface area contributed by atoms with E-state index in [-0.39, 0.29) is 18.4 Å². The van der Waals surface area contributed by atoms with Crippen molar-refractivity contribution in [2.24, 2.45) is 0 Å². The highest BCUT2D eigenvalue weighted by atomic mass is 16.5. The summed E-state index contributed by atoms with van der Waals surface area (Å²) in [6.45, 7) is 6.69. The summed E-state index contributed by atoms with van der Waals surface area (Å²) in [7, 11) is 0. The fourth-order valence-electron chi connectivity index (χ4n) is 2.45. The quantitative estimate of drug-likeness (QED) is 0.887. The van der Waals surface area contributed by atoms with Gasteiger partial charge in [-0.25, -0.2) is 0 Å². The molecule has 0 radical (unpaired) electrons. The Morgan fingerprint density at radius 2 is 1.77 bits per heavy atom. The van der Waals surface area contributed by atoms with Crippen molar-refractivity contribution in [3.8, 4) is 5.75 Å². The number of nitrogens with one attached hydrogen (secondary N) is 1. The van der Waals surface area contributed by atoms with Crippen molar-refractivity contribution < 1.29 is 14.3 Å². The van der Waals surface area contributed by atoms with Crippen LogP contribution in [0.1, 0.15) is 13.8 Å². The van der Waals surface area contributed by atoms with E-state index in [1.54, 1.807) is 16.7 Å². The minimum atomic E-state index is 0.0366. The third kappa shape index (κ3) is 4.13. The second-order valence-corrected chi connectivity index (χ2v) is 5.17. The summed E-state index contributed by atoms with van der Waals surface area (Å²) >= 11 is 0. The number of anilines is 1. The standard InChI is InChI=1S/C16H23N3O3/c1-3-22-15-7-5-4-6-14(15)17-12-16(21)19-10-8-18(9-11-19)13(2)20/h4-7,17H,3,8-12H2,1-2H3. The zero-order chi connectivity index (χ0) is 15.9. The molecular formula is C16H23N3O3. The number of carbonyl (C=O) groups excluding carboxylic acids is 2. The Morgan fingerprint density at radius 3 is 2.41 bits per heavy atom. The molecule has 0 unspecified atom stereocenters. The van der Waals surface area contributed by atoms with Crippen molar-refractivity contribution in [1.29, 1.82) is 0 Å². The zero-order valence-electron chi connectivity index (χ0n) is 13.2. The molecule has 1 aromatic carbocycles. The van der Waals surface area contributed by atoms with Gasteiger partial charge in [-0.3, -0.25) is 9.59 Å². The molecule has 6 nitrogen and oxygen atoms in total. The van der Waals surface area contributed by atoms with E-state index in [1.807, 2.05) is 31.2 Å². The van der Waals surface area contributed by atoms with Crippen LogP contribution >= 0.6 is 0 Å². The highest BCUT2D eigenvalue weighted by Gasteiger charge is 2.22. The van der Waals surface area contributed by atoms with Crippen LogP contribution in [0.3, 0.4) is 0 Å². The number of hydrogen-bond acceptors (Lipinski definition) is 4. The van der Waals surface area contributed by atoms with Crippen LogP contribution in [-0.2, 0) is 9.59 Å². The summed E-state index contributed by atoms with van der Waals surface area (Å²) < 4.78 is 5.52. The number of ether oxygens (including phenoxy) is 1. The lowest BCUT2D eigenvalue weighted by molar-refractivity contribution is -0.137. The van der Waals surface area contributed by atoms with Crippen LogP contribution < -0.4 is 10.1 Å². The number of nitrogens with zero attached hydrogens (tertiary/aromatic N) is 2. The molecule has 0 atom stereocenters. The number of piperazine rings is 1. The van der Waals surface area contributed by atoms with Gasteiger partial charge in [0.05, 0.1) is 18.8 Å². The van der Waals surface area contributed by atoms with Crippen molar-refractivity contribution in [3.05, 3.63) is 24.3 Å². The Balaban J connectivity index is 1.85. The van der Waals surface area contributed by atoms with Crippen LogP contribution in [0.2, 0.25) is 0 Å². The molecule has 1 aliphatic heterocycles. The summed E-state index contributed by atoms with van der Waals surface area (Å²) in [6, 6.07) is 7.58. The van der Waals surface area contributed by atoms with E-state index in [0.29, 0.717) is 32.8 Å². The van der Waals surface area contributed by atoms with Crippen molar-refractivity contribution in [1.82, 2.24) is 9.80 Å². The van der Waals surface area contributed by atoms with E-state index in [9.17, 15) is 9.59 Å². The first-order valence-corrected chi connectivity index (χ1v) is 7.60. The van der Waals surface area contributed by atoms with Crippen LogP contribution in [0.25, 0.3) is 0 Å². The number of rotatable bonds is 5. The summed E-state index contributed by atoms with van der Waals surface area (Å²) in [5.74, 6) is 0.851. The highest BCUT2D eigenvalue weighted by molar-refractivity contribution is 5.82. The van der Waals surface area contributed by atoms with Gasteiger partial charge in [0.25, 0.3) is 0 Å². The first kappa shape index (κ1) is 16.1. The molecule has 2 amide bonds. The van der Waals surface area contributed by atoms with Crippen molar-refractivity contribution in [2.75, 3.05) is 44.6 Å². The second-order valence-electron chi connectivity index (χ2n) is 5.17. The topological polar surface area (TPSA) is 61.9 Å². The Morgan fingerprint density at radius 1 is 1.14 bits per heavy atom. The molecule has 0 aliphatic carbocycles. The molecule has 1 N–H and O–H groups in total. The second kappa shape index (κ2) is 7.68. The molecule has 1 aromatic rings. The van der Waals surface area contributed by atoms with Crippen LogP contribution in [-0.4, -0.2) is 60.9 Å². The molecule has 0 spiro atoms. The maximum absolute atomic E-state index is 12.2. The van der Waals surface area contributed by atoms with Crippen LogP contribution in [0.4, 0.5) is 5.69 Å². The van der Waals surface area contributed by atoms with Crippen LogP contribution in [0, 0.1) is 0 Å². The normalized spacial score (nSPS) is 14.6. The Labute approximate surface area is 131 Å². The van der Waals surface area contributed by atoms with Crippen molar-refractivity contribution >= 4 is 17.5 Å². The molecule has 0 aromatic heterocycles. The molecule has 0 saturated carbocycles.